The number of ether oxygens (including phenoxy) is 1. The second kappa shape index (κ2) is 8.60. The lowest BCUT2D eigenvalue weighted by molar-refractivity contribution is 0.0150. The van der Waals surface area contributed by atoms with Gasteiger partial charge in [0.05, 0.1) is 31.3 Å². The van der Waals surface area contributed by atoms with E-state index in [0.29, 0.717) is 12.0 Å². The van der Waals surface area contributed by atoms with Gasteiger partial charge < -0.3 is 10.1 Å². The van der Waals surface area contributed by atoms with E-state index in [2.05, 4.69) is 34.1 Å². The van der Waals surface area contributed by atoms with Crippen molar-refractivity contribution >= 4 is 5.82 Å². The first-order valence-corrected chi connectivity index (χ1v) is 9.44. The van der Waals surface area contributed by atoms with Crippen LogP contribution in [-0.4, -0.2) is 63.5 Å². The van der Waals surface area contributed by atoms with Gasteiger partial charge in [-0.25, -0.2) is 9.67 Å². The van der Waals surface area contributed by atoms with Crippen LogP contribution in [0.25, 0.3) is 5.82 Å². The molecule has 0 aliphatic carbocycles. The van der Waals surface area contributed by atoms with E-state index in [4.69, 9.17) is 9.72 Å². The van der Waals surface area contributed by atoms with E-state index in [1.807, 2.05) is 24.6 Å². The Morgan fingerprint density at radius 1 is 1.19 bits per heavy atom. The van der Waals surface area contributed by atoms with Crippen LogP contribution in [0.15, 0.2) is 18.5 Å². The summed E-state index contributed by atoms with van der Waals surface area (Å²) in [5.74, 6) is 2.18. The third-order valence-corrected chi connectivity index (χ3v) is 4.67. The van der Waals surface area contributed by atoms with Gasteiger partial charge in [-0.05, 0) is 32.3 Å². The van der Waals surface area contributed by atoms with Crippen molar-refractivity contribution in [2.75, 3.05) is 38.2 Å². The molecule has 142 valence electrons. The number of nitrogens with one attached hydrogen (secondary N) is 1. The second-order valence-electron chi connectivity index (χ2n) is 7.41. The topological polar surface area (TPSA) is 68.1 Å². The monoisotopic (exact) mass is 358 g/mol. The predicted molar refractivity (Wildman–Crippen MR) is 103 cm³/mol. The number of anilines is 1. The van der Waals surface area contributed by atoms with Crippen molar-refractivity contribution in [2.45, 2.75) is 40.2 Å². The Kier molecular flexibility index (Phi) is 6.21. The molecule has 0 bridgehead atoms. The van der Waals surface area contributed by atoms with Crippen LogP contribution in [0.5, 0.6) is 0 Å². The molecule has 2 aromatic heterocycles. The summed E-state index contributed by atoms with van der Waals surface area (Å²) in [7, 11) is 0. The lowest BCUT2D eigenvalue weighted by Crippen LogP contribution is -2.47. The van der Waals surface area contributed by atoms with E-state index in [1.165, 1.54) is 0 Å². The van der Waals surface area contributed by atoms with Crippen LogP contribution in [0, 0.1) is 19.8 Å². The Labute approximate surface area is 155 Å². The molecule has 26 heavy (non-hydrogen) atoms. The minimum absolute atomic E-state index is 0.470. The first-order chi connectivity index (χ1) is 12.5. The van der Waals surface area contributed by atoms with Crippen molar-refractivity contribution in [3.63, 3.8) is 0 Å². The smallest absolute Gasteiger partial charge is 0.174 e. The third kappa shape index (κ3) is 4.80. The minimum Gasteiger partial charge on any atom is -0.379 e. The van der Waals surface area contributed by atoms with E-state index < -0.39 is 0 Å². The highest BCUT2D eigenvalue weighted by Gasteiger charge is 2.22. The number of aromatic nitrogens is 4. The molecule has 1 saturated heterocycles. The quantitative estimate of drug-likeness (QED) is 0.820. The van der Waals surface area contributed by atoms with Crippen LogP contribution >= 0.6 is 0 Å². The summed E-state index contributed by atoms with van der Waals surface area (Å²) in [5, 5.41) is 7.98. The van der Waals surface area contributed by atoms with E-state index in [1.54, 1.807) is 12.4 Å². The van der Waals surface area contributed by atoms with Crippen LogP contribution < -0.4 is 5.32 Å². The van der Waals surface area contributed by atoms with Gasteiger partial charge in [-0.2, -0.15) is 5.10 Å². The molecule has 0 radical (unpaired) electrons. The summed E-state index contributed by atoms with van der Waals surface area (Å²) in [6, 6.07) is 2.51. The standard InChI is InChI=1S/C19H30N6O/c1-14(2)9-17(24-5-7-26-8-6-24)11-21-18-12-20-13-19(22-18)25-16(4)10-15(3)23-25/h10,12-14,17H,5-9,11H2,1-4H3,(H,21,22). The first kappa shape index (κ1) is 18.8. The zero-order valence-corrected chi connectivity index (χ0v) is 16.3. The SMILES string of the molecule is Cc1cc(C)n(-c2cncc(NCC(CC(C)C)N3CCOCC3)n2)n1. The zero-order valence-electron chi connectivity index (χ0n) is 16.3. The largest absolute Gasteiger partial charge is 0.379 e. The van der Waals surface area contributed by atoms with Crippen LogP contribution in [0.1, 0.15) is 31.7 Å². The molecule has 2 aromatic rings. The number of hydrogen-bond acceptors (Lipinski definition) is 6. The van der Waals surface area contributed by atoms with Crippen molar-refractivity contribution in [1.82, 2.24) is 24.6 Å². The van der Waals surface area contributed by atoms with Crippen LogP contribution in [0.2, 0.25) is 0 Å². The number of hydrogen-bond donors (Lipinski definition) is 1. The molecule has 1 aliphatic rings. The zero-order chi connectivity index (χ0) is 18.5. The molecular formula is C19H30N6O. The van der Waals surface area contributed by atoms with Gasteiger partial charge in [-0.3, -0.25) is 9.88 Å². The van der Waals surface area contributed by atoms with Crippen LogP contribution in [0.3, 0.4) is 0 Å². The number of nitrogens with zero attached hydrogens (tertiary/aromatic N) is 5. The Morgan fingerprint density at radius 2 is 1.96 bits per heavy atom. The molecule has 3 heterocycles. The molecule has 7 heteroatoms. The Balaban J connectivity index is 1.69. The number of morpholine rings is 1. The van der Waals surface area contributed by atoms with Gasteiger partial charge in [-0.15, -0.1) is 0 Å². The summed E-state index contributed by atoms with van der Waals surface area (Å²) in [5.41, 5.74) is 2.03. The van der Waals surface area contributed by atoms with Crippen molar-refractivity contribution in [3.05, 3.63) is 29.8 Å². The molecule has 1 aliphatic heterocycles. The molecule has 1 N–H and O–H groups in total. The molecule has 1 fully saturated rings. The molecule has 7 nitrogen and oxygen atoms in total. The van der Waals surface area contributed by atoms with E-state index in [-0.39, 0.29) is 0 Å². The third-order valence-electron chi connectivity index (χ3n) is 4.67. The molecule has 0 amide bonds. The minimum atomic E-state index is 0.470. The van der Waals surface area contributed by atoms with Gasteiger partial charge in [0.25, 0.3) is 0 Å². The second-order valence-corrected chi connectivity index (χ2v) is 7.41. The summed E-state index contributed by atoms with van der Waals surface area (Å²) in [6.45, 7) is 13.0. The summed E-state index contributed by atoms with van der Waals surface area (Å²) < 4.78 is 7.34. The van der Waals surface area contributed by atoms with Crippen molar-refractivity contribution in [3.8, 4) is 5.82 Å². The Morgan fingerprint density at radius 3 is 2.62 bits per heavy atom. The lowest BCUT2D eigenvalue weighted by Gasteiger charge is -2.35. The maximum atomic E-state index is 5.50. The maximum absolute atomic E-state index is 5.50. The Hall–Kier alpha value is -1.99. The summed E-state index contributed by atoms with van der Waals surface area (Å²) in [6.07, 6.45) is 4.68. The highest BCUT2D eigenvalue weighted by Crippen LogP contribution is 2.15. The van der Waals surface area contributed by atoms with Crippen LogP contribution in [0.4, 0.5) is 5.82 Å². The molecule has 1 unspecified atom stereocenters. The number of rotatable bonds is 7. The van der Waals surface area contributed by atoms with Crippen LogP contribution in [-0.2, 0) is 4.74 Å². The van der Waals surface area contributed by atoms with Gasteiger partial charge >= 0.3 is 0 Å². The van der Waals surface area contributed by atoms with Crippen molar-refractivity contribution in [2.24, 2.45) is 5.92 Å². The van der Waals surface area contributed by atoms with E-state index in [0.717, 1.165) is 62.3 Å². The van der Waals surface area contributed by atoms with Gasteiger partial charge in [0.1, 0.15) is 5.82 Å². The highest BCUT2D eigenvalue weighted by molar-refractivity contribution is 5.36. The predicted octanol–water partition coefficient (Wildman–Crippen LogP) is 2.44. The average Bonchev–Trinajstić information content (AvgIpc) is 2.97. The summed E-state index contributed by atoms with van der Waals surface area (Å²) >= 11 is 0. The molecule has 0 saturated carbocycles. The molecular weight excluding hydrogens is 328 g/mol. The van der Waals surface area contributed by atoms with Crippen molar-refractivity contribution in [1.29, 1.82) is 0 Å². The normalized spacial score (nSPS) is 16.8. The first-order valence-electron chi connectivity index (χ1n) is 9.44. The average molecular weight is 358 g/mol. The van der Waals surface area contributed by atoms with Gasteiger partial charge in [0.2, 0.25) is 0 Å². The fourth-order valence-corrected chi connectivity index (χ4v) is 3.47. The fourth-order valence-electron chi connectivity index (χ4n) is 3.47. The van der Waals surface area contributed by atoms with Crippen molar-refractivity contribution < 1.29 is 4.74 Å². The fraction of sp³-hybridized carbons (Fsp3) is 0.632. The number of aryl methyl sites for hydroxylation is 2. The highest BCUT2D eigenvalue weighted by atomic mass is 16.5. The van der Waals surface area contributed by atoms with Gasteiger partial charge in [0.15, 0.2) is 5.82 Å². The molecule has 0 aromatic carbocycles. The molecule has 0 spiro atoms. The van der Waals surface area contributed by atoms with E-state index >= 15 is 0 Å². The molecule has 1 atom stereocenters. The summed E-state index contributed by atoms with van der Waals surface area (Å²) in [4.78, 5) is 11.6. The van der Waals surface area contributed by atoms with Gasteiger partial charge in [0, 0.05) is 31.4 Å². The lowest BCUT2D eigenvalue weighted by atomic mass is 10.0. The Bertz CT molecular complexity index is 708. The maximum Gasteiger partial charge on any atom is 0.174 e. The van der Waals surface area contributed by atoms with E-state index in [9.17, 15) is 0 Å². The van der Waals surface area contributed by atoms with Gasteiger partial charge in [-0.1, -0.05) is 13.8 Å². The molecule has 3 rings (SSSR count).